The zero-order valence-corrected chi connectivity index (χ0v) is 10.7. The van der Waals surface area contributed by atoms with Crippen LogP contribution in [0, 0.1) is 5.92 Å². The van der Waals surface area contributed by atoms with Crippen LogP contribution in [-0.4, -0.2) is 18.1 Å². The van der Waals surface area contributed by atoms with Crippen LogP contribution in [-0.2, 0) is 6.42 Å². The van der Waals surface area contributed by atoms with E-state index in [9.17, 15) is 0 Å². The summed E-state index contributed by atoms with van der Waals surface area (Å²) >= 11 is 0. The number of aromatic nitrogens is 1. The molecule has 17 heavy (non-hydrogen) atoms. The second-order valence-corrected chi connectivity index (χ2v) is 5.16. The highest BCUT2D eigenvalue weighted by atomic mass is 14.9. The third-order valence-corrected chi connectivity index (χ3v) is 3.81. The molecule has 1 aromatic rings. The number of nitrogens with two attached hydrogens (primary N) is 1. The largest absolute Gasteiger partial charge is 0.384 e. The summed E-state index contributed by atoms with van der Waals surface area (Å²) in [5.74, 6) is 1.43. The van der Waals surface area contributed by atoms with Crippen molar-refractivity contribution in [1.82, 2.24) is 10.3 Å². The first kappa shape index (κ1) is 12.4. The fraction of sp³-hybridized carbons (Fsp3) is 0.643. The van der Waals surface area contributed by atoms with Crippen molar-refractivity contribution in [3.63, 3.8) is 0 Å². The van der Waals surface area contributed by atoms with Gasteiger partial charge < -0.3 is 11.1 Å². The predicted octanol–water partition coefficient (Wildman–Crippen LogP) is 2.37. The Hall–Kier alpha value is -1.09. The molecule has 0 saturated heterocycles. The van der Waals surface area contributed by atoms with E-state index in [-0.39, 0.29) is 0 Å². The minimum absolute atomic E-state index is 0.640. The van der Waals surface area contributed by atoms with Gasteiger partial charge in [-0.1, -0.05) is 19.3 Å². The van der Waals surface area contributed by atoms with Gasteiger partial charge in [0, 0.05) is 12.2 Å². The maximum atomic E-state index is 5.72. The lowest BCUT2D eigenvalue weighted by Crippen LogP contribution is -2.26. The van der Waals surface area contributed by atoms with Gasteiger partial charge in [-0.3, -0.25) is 0 Å². The topological polar surface area (TPSA) is 50.9 Å². The quantitative estimate of drug-likeness (QED) is 0.788. The number of nitrogens with zero attached hydrogens (tertiary/aromatic N) is 1. The Morgan fingerprint density at radius 2 is 2.24 bits per heavy atom. The first-order valence-corrected chi connectivity index (χ1v) is 6.65. The Balaban J connectivity index is 1.97. The lowest BCUT2D eigenvalue weighted by atomic mass is 9.91. The summed E-state index contributed by atoms with van der Waals surface area (Å²) in [7, 11) is 2.08. The average Bonchev–Trinajstić information content (AvgIpc) is 2.54. The molecule has 1 fully saturated rings. The highest BCUT2D eigenvalue weighted by molar-refractivity contribution is 5.31. The Kier molecular flexibility index (Phi) is 4.37. The molecule has 2 atom stereocenters. The first-order valence-electron chi connectivity index (χ1n) is 6.65. The van der Waals surface area contributed by atoms with Crippen molar-refractivity contribution in [3.8, 4) is 0 Å². The zero-order chi connectivity index (χ0) is 12.1. The minimum atomic E-state index is 0.640. The van der Waals surface area contributed by atoms with Crippen LogP contribution in [0.5, 0.6) is 0 Å². The van der Waals surface area contributed by atoms with Gasteiger partial charge in [-0.15, -0.1) is 0 Å². The maximum Gasteiger partial charge on any atom is 0.123 e. The fourth-order valence-electron chi connectivity index (χ4n) is 2.86. The standard InChI is InChI=1S/C14H23N3/c1-16-13-5-3-2-4-11(9-13)8-12-6-7-17-14(15)10-12/h6-7,10-11,13,16H,2-5,8-9H2,1H3,(H2,15,17). The number of hydrogen-bond acceptors (Lipinski definition) is 3. The van der Waals surface area contributed by atoms with Gasteiger partial charge in [0.05, 0.1) is 0 Å². The predicted molar refractivity (Wildman–Crippen MR) is 71.8 cm³/mol. The van der Waals surface area contributed by atoms with Crippen LogP contribution in [0.25, 0.3) is 0 Å². The van der Waals surface area contributed by atoms with E-state index in [2.05, 4.69) is 23.4 Å². The second kappa shape index (κ2) is 6.01. The van der Waals surface area contributed by atoms with Crippen LogP contribution in [0.1, 0.15) is 37.7 Å². The Morgan fingerprint density at radius 3 is 3.00 bits per heavy atom. The van der Waals surface area contributed by atoms with Crippen molar-refractivity contribution in [3.05, 3.63) is 23.9 Å². The molecule has 1 saturated carbocycles. The van der Waals surface area contributed by atoms with Crippen LogP contribution in [0.15, 0.2) is 18.3 Å². The molecule has 3 nitrogen and oxygen atoms in total. The molecule has 2 unspecified atom stereocenters. The summed E-state index contributed by atoms with van der Waals surface area (Å²) in [6.45, 7) is 0. The van der Waals surface area contributed by atoms with Crippen molar-refractivity contribution >= 4 is 5.82 Å². The van der Waals surface area contributed by atoms with E-state index < -0.39 is 0 Å². The zero-order valence-electron chi connectivity index (χ0n) is 10.7. The third kappa shape index (κ3) is 3.70. The van der Waals surface area contributed by atoms with E-state index in [0.717, 1.165) is 12.3 Å². The van der Waals surface area contributed by atoms with Gasteiger partial charge in [0.2, 0.25) is 0 Å². The molecule has 0 spiro atoms. The lowest BCUT2D eigenvalue weighted by Gasteiger charge is -2.19. The fourth-order valence-corrected chi connectivity index (χ4v) is 2.86. The summed E-state index contributed by atoms with van der Waals surface area (Å²) in [6, 6.07) is 4.80. The SMILES string of the molecule is CNC1CCCCC(Cc2ccnc(N)c2)C1. The van der Waals surface area contributed by atoms with Crippen LogP contribution >= 0.6 is 0 Å². The van der Waals surface area contributed by atoms with E-state index in [4.69, 9.17) is 5.73 Å². The number of pyridine rings is 1. The molecule has 94 valence electrons. The Morgan fingerprint density at radius 1 is 1.41 bits per heavy atom. The molecule has 1 aromatic heterocycles. The van der Waals surface area contributed by atoms with Gasteiger partial charge in [-0.05, 0) is 49.9 Å². The Labute approximate surface area is 104 Å². The first-order chi connectivity index (χ1) is 8.28. The van der Waals surface area contributed by atoms with E-state index in [1.54, 1.807) is 0 Å². The van der Waals surface area contributed by atoms with E-state index >= 15 is 0 Å². The van der Waals surface area contributed by atoms with Crippen LogP contribution < -0.4 is 11.1 Å². The Bertz CT molecular complexity index is 351. The van der Waals surface area contributed by atoms with Gasteiger partial charge in [0.1, 0.15) is 5.82 Å². The molecule has 0 aliphatic heterocycles. The molecule has 0 radical (unpaired) electrons. The number of rotatable bonds is 3. The average molecular weight is 233 g/mol. The molecule has 0 aromatic carbocycles. The second-order valence-electron chi connectivity index (χ2n) is 5.16. The summed E-state index contributed by atoms with van der Waals surface area (Å²) in [6.07, 6.45) is 9.65. The van der Waals surface area contributed by atoms with Crippen molar-refractivity contribution < 1.29 is 0 Å². The minimum Gasteiger partial charge on any atom is -0.384 e. The number of anilines is 1. The molecule has 3 N–H and O–H groups in total. The van der Waals surface area contributed by atoms with Gasteiger partial charge in [-0.2, -0.15) is 0 Å². The molecule has 1 heterocycles. The van der Waals surface area contributed by atoms with Gasteiger partial charge in [-0.25, -0.2) is 4.98 Å². The molecular formula is C14H23N3. The molecule has 0 bridgehead atoms. The molecule has 1 aliphatic carbocycles. The van der Waals surface area contributed by atoms with E-state index in [1.807, 2.05) is 12.3 Å². The summed E-state index contributed by atoms with van der Waals surface area (Å²) in [4.78, 5) is 4.05. The third-order valence-electron chi connectivity index (χ3n) is 3.81. The summed E-state index contributed by atoms with van der Waals surface area (Å²) in [5, 5.41) is 3.43. The number of nitrogen functional groups attached to an aromatic ring is 1. The van der Waals surface area contributed by atoms with Gasteiger partial charge >= 0.3 is 0 Å². The summed E-state index contributed by atoms with van der Waals surface area (Å²) < 4.78 is 0. The van der Waals surface area contributed by atoms with E-state index in [0.29, 0.717) is 11.9 Å². The molecule has 1 aliphatic rings. The molecule has 3 heteroatoms. The van der Waals surface area contributed by atoms with Crippen LogP contribution in [0.3, 0.4) is 0 Å². The highest BCUT2D eigenvalue weighted by Gasteiger charge is 2.19. The molecule has 0 amide bonds. The summed E-state index contributed by atoms with van der Waals surface area (Å²) in [5.41, 5.74) is 7.06. The van der Waals surface area contributed by atoms with Gasteiger partial charge in [0.25, 0.3) is 0 Å². The van der Waals surface area contributed by atoms with Gasteiger partial charge in [0.15, 0.2) is 0 Å². The van der Waals surface area contributed by atoms with Crippen molar-refractivity contribution in [2.75, 3.05) is 12.8 Å². The normalized spacial score (nSPS) is 25.5. The molecular weight excluding hydrogens is 210 g/mol. The van der Waals surface area contributed by atoms with Crippen LogP contribution in [0.2, 0.25) is 0 Å². The maximum absolute atomic E-state index is 5.72. The van der Waals surface area contributed by atoms with Crippen LogP contribution in [0.4, 0.5) is 5.82 Å². The number of hydrogen-bond donors (Lipinski definition) is 2. The lowest BCUT2D eigenvalue weighted by molar-refractivity contribution is 0.400. The van der Waals surface area contributed by atoms with Crippen molar-refractivity contribution in [1.29, 1.82) is 0 Å². The highest BCUT2D eigenvalue weighted by Crippen LogP contribution is 2.26. The van der Waals surface area contributed by atoms with E-state index in [1.165, 1.54) is 37.7 Å². The van der Waals surface area contributed by atoms with Crippen molar-refractivity contribution in [2.24, 2.45) is 5.92 Å². The molecule has 2 rings (SSSR count). The van der Waals surface area contributed by atoms with Crippen molar-refractivity contribution in [2.45, 2.75) is 44.6 Å². The number of nitrogens with one attached hydrogen (secondary N) is 1. The monoisotopic (exact) mass is 233 g/mol. The smallest absolute Gasteiger partial charge is 0.123 e.